The second kappa shape index (κ2) is 6.13. The lowest BCUT2D eigenvalue weighted by molar-refractivity contribution is 0.562. The van der Waals surface area contributed by atoms with Gasteiger partial charge in [-0.15, -0.1) is 0 Å². The van der Waals surface area contributed by atoms with Gasteiger partial charge < -0.3 is 5.32 Å². The number of H-pyrrole nitrogens is 1. The van der Waals surface area contributed by atoms with Crippen molar-refractivity contribution in [2.75, 3.05) is 6.54 Å². The van der Waals surface area contributed by atoms with E-state index in [4.69, 9.17) is 0 Å². The molecule has 0 aliphatic carbocycles. The van der Waals surface area contributed by atoms with E-state index in [-0.39, 0.29) is 11.1 Å². The SMILES string of the molecule is CCCNCc1cn[nH]c1S(=O)(=O)NC(C)C. The molecule has 6 nitrogen and oxygen atoms in total. The predicted molar refractivity (Wildman–Crippen MR) is 66.0 cm³/mol. The van der Waals surface area contributed by atoms with Gasteiger partial charge in [0.2, 0.25) is 0 Å². The summed E-state index contributed by atoms with van der Waals surface area (Å²) in [6, 6.07) is -0.139. The van der Waals surface area contributed by atoms with Gasteiger partial charge in [0.25, 0.3) is 10.0 Å². The molecule has 0 aliphatic heterocycles. The van der Waals surface area contributed by atoms with Gasteiger partial charge in [0.1, 0.15) is 0 Å². The van der Waals surface area contributed by atoms with Crippen LogP contribution in [0, 0.1) is 0 Å². The Morgan fingerprint density at radius 1 is 1.47 bits per heavy atom. The minimum Gasteiger partial charge on any atom is -0.313 e. The predicted octanol–water partition coefficient (Wildman–Crippen LogP) is 0.596. The number of aromatic nitrogens is 2. The van der Waals surface area contributed by atoms with Crippen molar-refractivity contribution in [1.29, 1.82) is 0 Å². The molecule has 0 unspecified atom stereocenters. The van der Waals surface area contributed by atoms with Crippen LogP contribution in [-0.4, -0.2) is 31.2 Å². The minimum atomic E-state index is -3.49. The van der Waals surface area contributed by atoms with Crippen molar-refractivity contribution in [3.8, 4) is 0 Å². The Balaban J connectivity index is 2.80. The standard InChI is InChI=1S/C10H20N4O2S/c1-4-5-11-6-9-7-12-13-10(9)17(15,16)14-8(2)3/h7-8,11,14H,4-6H2,1-3H3,(H,12,13). The normalized spacial score (nSPS) is 12.2. The summed E-state index contributed by atoms with van der Waals surface area (Å²) < 4.78 is 26.4. The molecule has 0 amide bonds. The van der Waals surface area contributed by atoms with Crippen LogP contribution in [0.1, 0.15) is 32.8 Å². The number of nitrogens with one attached hydrogen (secondary N) is 3. The first-order valence-electron chi connectivity index (χ1n) is 5.72. The van der Waals surface area contributed by atoms with E-state index in [1.165, 1.54) is 6.20 Å². The van der Waals surface area contributed by atoms with Crippen LogP contribution < -0.4 is 10.0 Å². The third-order valence-electron chi connectivity index (χ3n) is 2.08. The van der Waals surface area contributed by atoms with Crippen LogP contribution in [0.4, 0.5) is 0 Å². The fourth-order valence-electron chi connectivity index (χ4n) is 1.43. The van der Waals surface area contributed by atoms with E-state index >= 15 is 0 Å². The largest absolute Gasteiger partial charge is 0.313 e. The number of aromatic amines is 1. The van der Waals surface area contributed by atoms with E-state index in [9.17, 15) is 8.42 Å². The van der Waals surface area contributed by atoms with Crippen molar-refractivity contribution in [2.24, 2.45) is 0 Å². The lowest BCUT2D eigenvalue weighted by Gasteiger charge is -2.09. The monoisotopic (exact) mass is 260 g/mol. The van der Waals surface area contributed by atoms with Crippen molar-refractivity contribution in [2.45, 2.75) is 44.8 Å². The molecule has 0 saturated heterocycles. The minimum absolute atomic E-state index is 0.139. The topological polar surface area (TPSA) is 86.9 Å². The number of rotatable bonds is 7. The van der Waals surface area contributed by atoms with E-state index < -0.39 is 10.0 Å². The van der Waals surface area contributed by atoms with Crippen LogP contribution in [0.15, 0.2) is 11.2 Å². The van der Waals surface area contributed by atoms with Gasteiger partial charge in [0, 0.05) is 18.2 Å². The van der Waals surface area contributed by atoms with Crippen LogP contribution in [-0.2, 0) is 16.6 Å². The van der Waals surface area contributed by atoms with Crippen molar-refractivity contribution in [1.82, 2.24) is 20.2 Å². The highest BCUT2D eigenvalue weighted by molar-refractivity contribution is 7.89. The van der Waals surface area contributed by atoms with Crippen LogP contribution in [0.3, 0.4) is 0 Å². The van der Waals surface area contributed by atoms with Gasteiger partial charge in [-0.05, 0) is 26.8 Å². The lowest BCUT2D eigenvalue weighted by Crippen LogP contribution is -2.31. The van der Waals surface area contributed by atoms with Gasteiger partial charge in [0.15, 0.2) is 5.03 Å². The van der Waals surface area contributed by atoms with Gasteiger partial charge in [-0.25, -0.2) is 13.1 Å². The number of sulfonamides is 1. The van der Waals surface area contributed by atoms with Gasteiger partial charge in [-0.2, -0.15) is 5.10 Å². The van der Waals surface area contributed by atoms with E-state index in [0.29, 0.717) is 12.1 Å². The van der Waals surface area contributed by atoms with Gasteiger partial charge >= 0.3 is 0 Å². The third-order valence-corrected chi connectivity index (χ3v) is 3.75. The fraction of sp³-hybridized carbons (Fsp3) is 0.700. The van der Waals surface area contributed by atoms with Gasteiger partial charge in [-0.1, -0.05) is 6.92 Å². The number of hydrogen-bond donors (Lipinski definition) is 3. The van der Waals surface area contributed by atoms with Gasteiger partial charge in [-0.3, -0.25) is 5.10 Å². The summed E-state index contributed by atoms with van der Waals surface area (Å²) in [7, 11) is -3.49. The maximum atomic E-state index is 11.9. The molecule has 0 fully saturated rings. The van der Waals surface area contributed by atoms with E-state index in [1.807, 2.05) is 0 Å². The summed E-state index contributed by atoms with van der Waals surface area (Å²) in [5, 5.41) is 9.63. The summed E-state index contributed by atoms with van der Waals surface area (Å²) in [6.07, 6.45) is 2.54. The Hall–Kier alpha value is -0.920. The van der Waals surface area contributed by atoms with Crippen molar-refractivity contribution in [3.63, 3.8) is 0 Å². The zero-order chi connectivity index (χ0) is 12.9. The molecular formula is C10H20N4O2S. The van der Waals surface area contributed by atoms with E-state index in [0.717, 1.165) is 13.0 Å². The quantitative estimate of drug-likeness (QED) is 0.626. The molecule has 0 aliphatic rings. The van der Waals surface area contributed by atoms with Crippen molar-refractivity contribution >= 4 is 10.0 Å². The first kappa shape index (κ1) is 14.1. The molecule has 7 heteroatoms. The average Bonchev–Trinajstić information content (AvgIpc) is 2.65. The molecular weight excluding hydrogens is 240 g/mol. The highest BCUT2D eigenvalue weighted by Gasteiger charge is 2.21. The molecule has 1 heterocycles. The summed E-state index contributed by atoms with van der Waals surface area (Å²) in [5.41, 5.74) is 0.659. The maximum absolute atomic E-state index is 11.9. The molecule has 0 atom stereocenters. The smallest absolute Gasteiger partial charge is 0.258 e. The second-order valence-electron chi connectivity index (χ2n) is 4.18. The fourth-order valence-corrected chi connectivity index (χ4v) is 2.81. The number of hydrogen-bond acceptors (Lipinski definition) is 4. The Morgan fingerprint density at radius 3 is 2.76 bits per heavy atom. The molecule has 1 aromatic heterocycles. The van der Waals surface area contributed by atoms with E-state index in [1.54, 1.807) is 13.8 Å². The van der Waals surface area contributed by atoms with Crippen LogP contribution >= 0.6 is 0 Å². The average molecular weight is 260 g/mol. The zero-order valence-corrected chi connectivity index (χ0v) is 11.3. The molecule has 1 aromatic rings. The first-order chi connectivity index (χ1) is 7.97. The Labute approximate surface area is 102 Å². The van der Waals surface area contributed by atoms with Crippen LogP contribution in [0.25, 0.3) is 0 Å². The molecule has 0 saturated carbocycles. The van der Waals surface area contributed by atoms with Crippen LogP contribution in [0.5, 0.6) is 0 Å². The molecule has 0 radical (unpaired) electrons. The zero-order valence-electron chi connectivity index (χ0n) is 10.4. The highest BCUT2D eigenvalue weighted by atomic mass is 32.2. The first-order valence-corrected chi connectivity index (χ1v) is 7.21. The summed E-state index contributed by atoms with van der Waals surface area (Å²) in [4.78, 5) is 0. The van der Waals surface area contributed by atoms with E-state index in [2.05, 4.69) is 27.2 Å². The molecule has 0 spiro atoms. The molecule has 1 rings (SSSR count). The maximum Gasteiger partial charge on any atom is 0.258 e. The molecule has 0 bridgehead atoms. The summed E-state index contributed by atoms with van der Waals surface area (Å²) >= 11 is 0. The Bertz CT molecular complexity index is 439. The van der Waals surface area contributed by atoms with Crippen molar-refractivity contribution in [3.05, 3.63) is 11.8 Å². The lowest BCUT2D eigenvalue weighted by atomic mass is 10.3. The molecule has 98 valence electrons. The summed E-state index contributed by atoms with van der Waals surface area (Å²) in [5.74, 6) is 0. The number of nitrogens with zero attached hydrogens (tertiary/aromatic N) is 1. The summed E-state index contributed by atoms with van der Waals surface area (Å²) in [6.45, 7) is 6.97. The Kier molecular flexibility index (Phi) is 5.10. The molecule has 0 aromatic carbocycles. The molecule has 3 N–H and O–H groups in total. The second-order valence-corrected chi connectivity index (χ2v) is 5.83. The van der Waals surface area contributed by atoms with Gasteiger partial charge in [0.05, 0.1) is 6.20 Å². The van der Waals surface area contributed by atoms with Crippen LogP contribution in [0.2, 0.25) is 0 Å². The van der Waals surface area contributed by atoms with Crippen molar-refractivity contribution < 1.29 is 8.42 Å². The Morgan fingerprint density at radius 2 is 2.18 bits per heavy atom. The third kappa shape index (κ3) is 4.10. The molecule has 17 heavy (non-hydrogen) atoms. The highest BCUT2D eigenvalue weighted by Crippen LogP contribution is 2.11.